The molecule has 3 aromatic rings. The van der Waals surface area contributed by atoms with Crippen LogP contribution in [0.3, 0.4) is 0 Å². The van der Waals surface area contributed by atoms with Gasteiger partial charge in [0, 0.05) is 0 Å². The second-order valence-corrected chi connectivity index (χ2v) is 10.2. The highest BCUT2D eigenvalue weighted by molar-refractivity contribution is 7.92. The maximum atomic E-state index is 13.6. The number of hydrogen-bond acceptors (Lipinski definition) is 8. The fourth-order valence-corrected chi connectivity index (χ4v) is 5.03. The monoisotopic (exact) mass is 539 g/mol. The second-order valence-electron chi connectivity index (χ2n) is 8.37. The summed E-state index contributed by atoms with van der Waals surface area (Å²) in [5.41, 5.74) is 5.87. The van der Waals surface area contributed by atoms with E-state index in [9.17, 15) is 18.0 Å². The highest BCUT2D eigenvalue weighted by atomic mass is 32.2. The number of hydrogen-bond donors (Lipinski definition) is 1. The SMILES string of the molecule is COC(=O)Oc1ccc(/C=N/NC(=O)CN(c2ccc(C)cc2C)S(=O)(=O)c2ccc(C)cc2)cc1OC. The minimum absolute atomic E-state index is 0.0701. The zero-order valence-corrected chi connectivity index (χ0v) is 22.5. The van der Waals surface area contributed by atoms with Crippen LogP contribution in [0.15, 0.2) is 70.7 Å². The van der Waals surface area contributed by atoms with Crippen LogP contribution < -0.4 is 19.2 Å². The standard InChI is InChI=1S/C27H29N3O7S/c1-18-6-10-22(11-7-18)38(33,34)30(23-12-8-19(2)14-20(23)3)17-26(31)29-28-16-21-9-13-24(25(15-21)35-4)37-27(32)36-5/h6-16H,17H2,1-5H3,(H,29,31)/b28-16+. The van der Waals surface area contributed by atoms with Gasteiger partial charge in [-0.2, -0.15) is 5.10 Å². The van der Waals surface area contributed by atoms with Crippen molar-refractivity contribution in [3.05, 3.63) is 82.9 Å². The van der Waals surface area contributed by atoms with Crippen LogP contribution in [-0.4, -0.2) is 47.5 Å². The first-order valence-corrected chi connectivity index (χ1v) is 12.9. The summed E-state index contributed by atoms with van der Waals surface area (Å²) in [7, 11) is -1.46. The number of rotatable bonds is 9. The molecule has 0 aromatic heterocycles. The van der Waals surface area contributed by atoms with Gasteiger partial charge in [-0.05, 0) is 68.3 Å². The van der Waals surface area contributed by atoms with Gasteiger partial charge in [-0.1, -0.05) is 35.4 Å². The van der Waals surface area contributed by atoms with E-state index in [4.69, 9.17) is 9.47 Å². The second kappa shape index (κ2) is 12.2. The number of carbonyl (C=O) groups is 2. The smallest absolute Gasteiger partial charge is 0.493 e. The van der Waals surface area contributed by atoms with E-state index in [1.54, 1.807) is 37.3 Å². The Balaban J connectivity index is 1.82. The van der Waals surface area contributed by atoms with E-state index in [-0.39, 0.29) is 16.4 Å². The summed E-state index contributed by atoms with van der Waals surface area (Å²) in [6, 6.07) is 16.3. The van der Waals surface area contributed by atoms with Gasteiger partial charge in [0.1, 0.15) is 6.54 Å². The normalized spacial score (nSPS) is 11.2. The van der Waals surface area contributed by atoms with Crippen molar-refractivity contribution in [2.24, 2.45) is 5.10 Å². The molecule has 11 heteroatoms. The lowest BCUT2D eigenvalue weighted by molar-refractivity contribution is -0.119. The Morgan fingerprint density at radius 3 is 2.24 bits per heavy atom. The fraction of sp³-hybridized carbons (Fsp3) is 0.222. The molecule has 0 unspecified atom stereocenters. The van der Waals surface area contributed by atoms with Crippen LogP contribution in [0, 0.1) is 20.8 Å². The molecule has 1 N–H and O–H groups in total. The first-order valence-electron chi connectivity index (χ1n) is 11.5. The minimum atomic E-state index is -4.05. The van der Waals surface area contributed by atoms with E-state index in [1.807, 2.05) is 19.9 Å². The van der Waals surface area contributed by atoms with Crippen molar-refractivity contribution in [1.82, 2.24) is 5.43 Å². The van der Waals surface area contributed by atoms with Gasteiger partial charge < -0.3 is 14.2 Å². The number of benzene rings is 3. The number of amides is 1. The molecule has 0 spiro atoms. The van der Waals surface area contributed by atoms with Crippen LogP contribution in [0.25, 0.3) is 0 Å². The summed E-state index contributed by atoms with van der Waals surface area (Å²) in [6.45, 7) is 5.06. The van der Waals surface area contributed by atoms with Crippen molar-refractivity contribution in [1.29, 1.82) is 0 Å². The van der Waals surface area contributed by atoms with Crippen molar-refractivity contribution in [2.45, 2.75) is 25.7 Å². The molecule has 0 atom stereocenters. The molecular weight excluding hydrogens is 510 g/mol. The lowest BCUT2D eigenvalue weighted by Crippen LogP contribution is -2.40. The van der Waals surface area contributed by atoms with Gasteiger partial charge in [-0.25, -0.2) is 18.6 Å². The van der Waals surface area contributed by atoms with E-state index in [0.29, 0.717) is 16.8 Å². The van der Waals surface area contributed by atoms with E-state index in [2.05, 4.69) is 15.3 Å². The number of hydrazone groups is 1. The lowest BCUT2D eigenvalue weighted by Gasteiger charge is -2.25. The first kappa shape index (κ1) is 28.2. The van der Waals surface area contributed by atoms with Gasteiger partial charge >= 0.3 is 6.16 Å². The highest BCUT2D eigenvalue weighted by Gasteiger charge is 2.28. The Labute approximate surface area is 221 Å². The molecule has 0 radical (unpaired) electrons. The largest absolute Gasteiger partial charge is 0.513 e. The molecule has 0 saturated carbocycles. The predicted molar refractivity (Wildman–Crippen MR) is 143 cm³/mol. The quantitative estimate of drug-likeness (QED) is 0.188. The third-order valence-corrected chi connectivity index (χ3v) is 7.24. The van der Waals surface area contributed by atoms with Crippen molar-refractivity contribution >= 4 is 34.0 Å². The Morgan fingerprint density at radius 2 is 1.61 bits per heavy atom. The molecule has 1 amide bonds. The third-order valence-electron chi connectivity index (χ3n) is 5.47. The summed E-state index contributed by atoms with van der Waals surface area (Å²) < 4.78 is 42.9. The molecule has 3 rings (SSSR count). The summed E-state index contributed by atoms with van der Waals surface area (Å²) in [6.07, 6.45) is 0.448. The number of sulfonamides is 1. The van der Waals surface area contributed by atoms with Crippen molar-refractivity contribution < 1.29 is 32.2 Å². The van der Waals surface area contributed by atoms with E-state index < -0.39 is 28.6 Å². The maximum Gasteiger partial charge on any atom is 0.513 e. The molecule has 200 valence electrons. The van der Waals surface area contributed by atoms with Crippen LogP contribution in [0.1, 0.15) is 22.3 Å². The minimum Gasteiger partial charge on any atom is -0.493 e. The average molecular weight is 540 g/mol. The molecule has 3 aromatic carbocycles. The van der Waals surface area contributed by atoms with Gasteiger partial charge in [0.05, 0.1) is 31.0 Å². The zero-order valence-electron chi connectivity index (χ0n) is 21.7. The summed E-state index contributed by atoms with van der Waals surface area (Å²) >= 11 is 0. The van der Waals surface area contributed by atoms with Crippen molar-refractivity contribution in [3.8, 4) is 11.5 Å². The topological polar surface area (TPSA) is 124 Å². The van der Waals surface area contributed by atoms with Gasteiger partial charge in [-0.15, -0.1) is 0 Å². The van der Waals surface area contributed by atoms with Gasteiger partial charge in [0.2, 0.25) is 0 Å². The first-order chi connectivity index (χ1) is 18.0. The van der Waals surface area contributed by atoms with E-state index in [1.165, 1.54) is 44.7 Å². The van der Waals surface area contributed by atoms with Gasteiger partial charge in [0.15, 0.2) is 11.5 Å². The number of anilines is 1. The third kappa shape index (κ3) is 6.88. The van der Waals surface area contributed by atoms with Crippen LogP contribution in [0.2, 0.25) is 0 Å². The molecule has 0 bridgehead atoms. The lowest BCUT2D eigenvalue weighted by atomic mass is 10.1. The highest BCUT2D eigenvalue weighted by Crippen LogP contribution is 2.29. The number of methoxy groups -OCH3 is 2. The number of nitrogens with one attached hydrogen (secondary N) is 1. The van der Waals surface area contributed by atoms with Crippen LogP contribution >= 0.6 is 0 Å². The van der Waals surface area contributed by atoms with Gasteiger partial charge in [-0.3, -0.25) is 9.10 Å². The number of carbonyl (C=O) groups excluding carboxylic acids is 2. The molecule has 0 fully saturated rings. The molecule has 0 aliphatic carbocycles. The summed E-state index contributed by atoms with van der Waals surface area (Å²) in [5.74, 6) is -0.253. The van der Waals surface area contributed by atoms with E-state index >= 15 is 0 Å². The number of aryl methyl sites for hydroxylation is 3. The van der Waals surface area contributed by atoms with Crippen molar-refractivity contribution in [2.75, 3.05) is 25.1 Å². The van der Waals surface area contributed by atoms with E-state index in [0.717, 1.165) is 15.4 Å². The van der Waals surface area contributed by atoms with Crippen LogP contribution in [-0.2, 0) is 19.6 Å². The van der Waals surface area contributed by atoms with Crippen LogP contribution in [0.4, 0.5) is 10.5 Å². The molecule has 0 saturated heterocycles. The number of ether oxygens (including phenoxy) is 3. The zero-order chi connectivity index (χ0) is 27.9. The fourth-order valence-electron chi connectivity index (χ4n) is 3.55. The Kier molecular flexibility index (Phi) is 9.08. The molecule has 38 heavy (non-hydrogen) atoms. The maximum absolute atomic E-state index is 13.6. The predicted octanol–water partition coefficient (Wildman–Crippen LogP) is 4.11. The van der Waals surface area contributed by atoms with Gasteiger partial charge in [0.25, 0.3) is 15.9 Å². The summed E-state index contributed by atoms with van der Waals surface area (Å²) in [5, 5.41) is 3.94. The molecule has 10 nitrogen and oxygen atoms in total. The number of nitrogens with zero attached hydrogens (tertiary/aromatic N) is 2. The molecule has 0 aliphatic rings. The average Bonchev–Trinajstić information content (AvgIpc) is 2.88. The van der Waals surface area contributed by atoms with Crippen molar-refractivity contribution in [3.63, 3.8) is 0 Å². The molecule has 0 aliphatic heterocycles. The van der Waals surface area contributed by atoms with Crippen LogP contribution in [0.5, 0.6) is 11.5 Å². The summed E-state index contributed by atoms with van der Waals surface area (Å²) in [4.78, 5) is 24.3. The Bertz CT molecular complexity index is 1450. The molecular formula is C27H29N3O7S. The molecule has 0 heterocycles. The Hall–Kier alpha value is -4.38. The Morgan fingerprint density at radius 1 is 0.921 bits per heavy atom.